The third-order valence-corrected chi connectivity index (χ3v) is 5.55. The standard InChI is InChI=1S/C22H22N2O6S/c1-14(25)23-18-11-16-7-4-3-6-15(16)10-17(18)22(28)30-9-5-8-24-19(26)13-31-20(24)12-21(27)29-2/h3-4,6-7,10-12H,5,8-9,13H2,1-2H3,(H,23,25)/b20-12+. The van der Waals surface area contributed by atoms with E-state index in [0.29, 0.717) is 23.7 Å². The molecule has 1 aliphatic heterocycles. The average Bonchev–Trinajstić information content (AvgIpc) is 3.09. The fourth-order valence-corrected chi connectivity index (χ4v) is 4.05. The lowest BCUT2D eigenvalue weighted by Gasteiger charge is -2.17. The van der Waals surface area contributed by atoms with Crippen molar-refractivity contribution in [1.82, 2.24) is 4.90 Å². The summed E-state index contributed by atoms with van der Waals surface area (Å²) in [6, 6.07) is 10.9. The summed E-state index contributed by atoms with van der Waals surface area (Å²) in [6.07, 6.45) is 1.66. The minimum atomic E-state index is -0.568. The van der Waals surface area contributed by atoms with Crippen LogP contribution in [0.3, 0.4) is 0 Å². The molecule has 0 unspecified atom stereocenters. The molecule has 1 aliphatic rings. The van der Waals surface area contributed by atoms with E-state index in [2.05, 4.69) is 10.1 Å². The van der Waals surface area contributed by atoms with E-state index in [1.807, 2.05) is 24.3 Å². The molecule has 31 heavy (non-hydrogen) atoms. The van der Waals surface area contributed by atoms with Gasteiger partial charge in [-0.05, 0) is 29.3 Å². The fourth-order valence-electron chi connectivity index (χ4n) is 3.10. The van der Waals surface area contributed by atoms with Gasteiger partial charge < -0.3 is 19.7 Å². The Morgan fingerprint density at radius 2 is 1.90 bits per heavy atom. The molecular weight excluding hydrogens is 420 g/mol. The molecule has 9 heteroatoms. The molecule has 0 bridgehead atoms. The van der Waals surface area contributed by atoms with Crippen LogP contribution in [0.2, 0.25) is 0 Å². The van der Waals surface area contributed by atoms with E-state index in [9.17, 15) is 19.2 Å². The Hall–Kier alpha value is -3.33. The maximum absolute atomic E-state index is 12.7. The van der Waals surface area contributed by atoms with Gasteiger partial charge in [0.15, 0.2) is 0 Å². The van der Waals surface area contributed by atoms with E-state index >= 15 is 0 Å². The number of benzene rings is 2. The highest BCUT2D eigenvalue weighted by Crippen LogP contribution is 2.29. The summed E-state index contributed by atoms with van der Waals surface area (Å²) in [7, 11) is 1.27. The van der Waals surface area contributed by atoms with Crippen LogP contribution in [0.1, 0.15) is 23.7 Å². The second kappa shape index (κ2) is 10.1. The number of nitrogens with one attached hydrogen (secondary N) is 1. The Labute approximate surface area is 183 Å². The molecule has 0 saturated carbocycles. The van der Waals surface area contributed by atoms with Gasteiger partial charge in [0, 0.05) is 13.5 Å². The van der Waals surface area contributed by atoms with Crippen molar-refractivity contribution in [3.63, 3.8) is 0 Å². The number of amides is 2. The predicted molar refractivity (Wildman–Crippen MR) is 117 cm³/mol. The van der Waals surface area contributed by atoms with Gasteiger partial charge >= 0.3 is 11.9 Å². The van der Waals surface area contributed by atoms with Crippen LogP contribution in [0.5, 0.6) is 0 Å². The van der Waals surface area contributed by atoms with Crippen molar-refractivity contribution < 1.29 is 28.7 Å². The highest BCUT2D eigenvalue weighted by Gasteiger charge is 2.27. The summed E-state index contributed by atoms with van der Waals surface area (Å²) < 4.78 is 9.99. The van der Waals surface area contributed by atoms with Gasteiger partial charge in [0.05, 0.1) is 41.8 Å². The van der Waals surface area contributed by atoms with Gasteiger partial charge in [-0.15, -0.1) is 0 Å². The Bertz CT molecular complexity index is 1070. The van der Waals surface area contributed by atoms with Crippen LogP contribution in [0.4, 0.5) is 5.69 Å². The van der Waals surface area contributed by atoms with Gasteiger partial charge in [0.2, 0.25) is 11.8 Å². The number of esters is 2. The van der Waals surface area contributed by atoms with E-state index in [1.54, 1.807) is 12.1 Å². The Morgan fingerprint density at radius 3 is 2.58 bits per heavy atom. The second-order valence-electron chi connectivity index (χ2n) is 6.76. The lowest BCUT2D eigenvalue weighted by molar-refractivity contribution is -0.134. The fraction of sp³-hybridized carbons (Fsp3) is 0.273. The first-order valence-corrected chi connectivity index (χ1v) is 10.6. The lowest BCUT2D eigenvalue weighted by Crippen LogP contribution is -2.27. The number of thioether (sulfide) groups is 1. The molecule has 162 valence electrons. The maximum Gasteiger partial charge on any atom is 0.340 e. The molecule has 8 nitrogen and oxygen atoms in total. The molecule has 2 amide bonds. The van der Waals surface area contributed by atoms with Gasteiger partial charge in [0.1, 0.15) is 0 Å². The van der Waals surface area contributed by atoms with Crippen molar-refractivity contribution in [2.45, 2.75) is 13.3 Å². The monoisotopic (exact) mass is 442 g/mol. The molecule has 1 fully saturated rings. The van der Waals surface area contributed by atoms with Gasteiger partial charge in [-0.1, -0.05) is 36.0 Å². The smallest absolute Gasteiger partial charge is 0.340 e. The SMILES string of the molecule is COC(=O)/C=C1/SCC(=O)N1CCCOC(=O)c1cc2ccccc2cc1NC(C)=O. The van der Waals surface area contributed by atoms with Crippen molar-refractivity contribution >= 4 is 52.0 Å². The molecule has 1 heterocycles. The number of hydrogen-bond donors (Lipinski definition) is 1. The summed E-state index contributed by atoms with van der Waals surface area (Å²) >= 11 is 1.26. The minimum Gasteiger partial charge on any atom is -0.466 e. The molecule has 3 rings (SSSR count). The first-order chi connectivity index (χ1) is 14.9. The van der Waals surface area contributed by atoms with Crippen LogP contribution in [-0.4, -0.2) is 54.7 Å². The first-order valence-electron chi connectivity index (χ1n) is 9.59. The molecule has 0 spiro atoms. The van der Waals surface area contributed by atoms with Crippen LogP contribution in [0.15, 0.2) is 47.5 Å². The second-order valence-corrected chi connectivity index (χ2v) is 7.75. The van der Waals surface area contributed by atoms with Gasteiger partial charge in [-0.3, -0.25) is 9.59 Å². The van der Waals surface area contributed by atoms with Crippen molar-refractivity contribution in [1.29, 1.82) is 0 Å². The molecule has 0 radical (unpaired) electrons. The largest absolute Gasteiger partial charge is 0.466 e. The highest BCUT2D eigenvalue weighted by molar-refractivity contribution is 8.04. The molecule has 1 saturated heterocycles. The average molecular weight is 442 g/mol. The lowest BCUT2D eigenvalue weighted by atomic mass is 10.0. The van der Waals surface area contributed by atoms with Gasteiger partial charge in [0.25, 0.3) is 0 Å². The van der Waals surface area contributed by atoms with Gasteiger partial charge in [-0.25, -0.2) is 9.59 Å². The quantitative estimate of drug-likeness (QED) is 0.400. The zero-order chi connectivity index (χ0) is 22.4. The molecular formula is C22H22N2O6S. The van der Waals surface area contributed by atoms with Crippen molar-refractivity contribution in [3.05, 3.63) is 53.1 Å². The number of fused-ring (bicyclic) bond motifs is 1. The summed E-state index contributed by atoms with van der Waals surface area (Å²) in [4.78, 5) is 49.2. The van der Waals surface area contributed by atoms with Crippen molar-refractivity contribution in [2.24, 2.45) is 0 Å². The third kappa shape index (κ3) is 5.64. The number of ether oxygens (including phenoxy) is 2. The number of carbonyl (C=O) groups excluding carboxylic acids is 4. The highest BCUT2D eigenvalue weighted by atomic mass is 32.2. The zero-order valence-electron chi connectivity index (χ0n) is 17.2. The van der Waals surface area contributed by atoms with Crippen LogP contribution in [0, 0.1) is 0 Å². The topological polar surface area (TPSA) is 102 Å². The number of hydrogen-bond acceptors (Lipinski definition) is 7. The Balaban J connectivity index is 1.65. The minimum absolute atomic E-state index is 0.0745. The first kappa shape index (κ1) is 22.4. The summed E-state index contributed by atoms with van der Waals surface area (Å²) in [6.45, 7) is 1.75. The van der Waals surface area contributed by atoms with Crippen LogP contribution >= 0.6 is 11.8 Å². The Morgan fingerprint density at radius 1 is 1.19 bits per heavy atom. The van der Waals surface area contributed by atoms with E-state index in [0.717, 1.165) is 10.8 Å². The summed E-state index contributed by atoms with van der Waals surface area (Å²) in [5.41, 5.74) is 0.638. The normalized spacial score (nSPS) is 14.7. The molecule has 1 N–H and O–H groups in total. The number of carbonyl (C=O) groups is 4. The number of rotatable bonds is 7. The van der Waals surface area contributed by atoms with E-state index in [-0.39, 0.29) is 29.7 Å². The van der Waals surface area contributed by atoms with Crippen molar-refractivity contribution in [2.75, 3.05) is 31.3 Å². The molecule has 2 aromatic rings. The van der Waals surface area contributed by atoms with Crippen molar-refractivity contribution in [3.8, 4) is 0 Å². The van der Waals surface area contributed by atoms with Crippen LogP contribution in [-0.2, 0) is 23.9 Å². The molecule has 2 aromatic carbocycles. The van der Waals surface area contributed by atoms with E-state index in [1.165, 1.54) is 36.8 Å². The summed E-state index contributed by atoms with van der Waals surface area (Å²) in [5, 5.41) is 4.92. The summed E-state index contributed by atoms with van der Waals surface area (Å²) in [5.74, 6) is -1.26. The molecule has 0 aromatic heterocycles. The zero-order valence-corrected chi connectivity index (χ0v) is 18.0. The maximum atomic E-state index is 12.7. The van der Waals surface area contributed by atoms with Crippen LogP contribution in [0.25, 0.3) is 10.8 Å². The van der Waals surface area contributed by atoms with E-state index in [4.69, 9.17) is 4.74 Å². The third-order valence-electron chi connectivity index (χ3n) is 4.53. The number of anilines is 1. The van der Waals surface area contributed by atoms with Gasteiger partial charge in [-0.2, -0.15) is 0 Å². The Kier molecular flexibility index (Phi) is 7.30. The van der Waals surface area contributed by atoms with Crippen LogP contribution < -0.4 is 5.32 Å². The molecule has 0 atom stereocenters. The predicted octanol–water partition coefficient (Wildman–Crippen LogP) is 2.93. The molecule has 0 aliphatic carbocycles. The number of methoxy groups -OCH3 is 1. The number of nitrogens with zero attached hydrogens (tertiary/aromatic N) is 1. The van der Waals surface area contributed by atoms with E-state index < -0.39 is 11.9 Å².